The number of aryl methyl sites for hydroxylation is 2. The molecule has 1 fully saturated rings. The summed E-state index contributed by atoms with van der Waals surface area (Å²) in [4.78, 5) is 27.7. The number of rotatable bonds is 4. The number of Topliss-reactive ketones (excluding diaryl/α,β-unsaturated/α-hetero) is 1. The molecule has 0 aromatic heterocycles. The molecule has 1 aliphatic heterocycles. The number of carbonyl (C=O) groups is 2. The number of aliphatic hydroxyl groups excluding tert-OH is 1. The van der Waals surface area contributed by atoms with Crippen LogP contribution in [-0.4, -0.2) is 21.7 Å². The van der Waals surface area contributed by atoms with Crippen LogP contribution >= 0.6 is 11.6 Å². The summed E-state index contributed by atoms with van der Waals surface area (Å²) >= 11 is 6.07. The minimum Gasteiger partial charge on any atom is -0.507 e. The molecule has 31 heavy (non-hydrogen) atoms. The molecular formula is C26H22ClNO3. The summed E-state index contributed by atoms with van der Waals surface area (Å²) in [6.07, 6.45) is 0. The van der Waals surface area contributed by atoms with Crippen LogP contribution in [0.1, 0.15) is 33.9 Å². The molecule has 0 bridgehead atoms. The van der Waals surface area contributed by atoms with E-state index in [0.717, 1.165) is 16.7 Å². The van der Waals surface area contributed by atoms with Gasteiger partial charge in [0.05, 0.1) is 11.6 Å². The number of benzene rings is 3. The van der Waals surface area contributed by atoms with E-state index in [9.17, 15) is 14.7 Å². The van der Waals surface area contributed by atoms with Crippen molar-refractivity contribution in [1.29, 1.82) is 0 Å². The maximum atomic E-state index is 13.1. The Bertz CT molecular complexity index is 1180. The average molecular weight is 432 g/mol. The largest absolute Gasteiger partial charge is 0.507 e. The van der Waals surface area contributed by atoms with E-state index in [1.165, 1.54) is 4.90 Å². The summed E-state index contributed by atoms with van der Waals surface area (Å²) in [5.41, 5.74) is 4.04. The second-order valence-corrected chi connectivity index (χ2v) is 8.22. The first-order valence-corrected chi connectivity index (χ1v) is 10.4. The number of hydrogen-bond donors (Lipinski definition) is 1. The smallest absolute Gasteiger partial charge is 0.295 e. The molecule has 1 aliphatic rings. The molecule has 1 saturated heterocycles. The molecule has 0 saturated carbocycles. The first kappa shape index (κ1) is 20.9. The van der Waals surface area contributed by atoms with Gasteiger partial charge >= 0.3 is 0 Å². The molecule has 0 spiro atoms. The Hall–Kier alpha value is -3.37. The van der Waals surface area contributed by atoms with Gasteiger partial charge in [-0.3, -0.25) is 9.59 Å². The van der Waals surface area contributed by atoms with Gasteiger partial charge in [-0.05, 0) is 48.7 Å². The summed E-state index contributed by atoms with van der Waals surface area (Å²) in [5.74, 6) is -1.47. The van der Waals surface area contributed by atoms with Gasteiger partial charge in [-0.25, -0.2) is 0 Å². The highest BCUT2D eigenvalue weighted by Crippen LogP contribution is 2.41. The highest BCUT2D eigenvalue weighted by atomic mass is 35.5. The van der Waals surface area contributed by atoms with Crippen molar-refractivity contribution in [2.75, 3.05) is 0 Å². The summed E-state index contributed by atoms with van der Waals surface area (Å²) in [5, 5.41) is 11.8. The fourth-order valence-electron chi connectivity index (χ4n) is 3.95. The van der Waals surface area contributed by atoms with Crippen molar-refractivity contribution >= 4 is 29.1 Å². The molecule has 3 aromatic rings. The Balaban J connectivity index is 1.90. The molecule has 3 aromatic carbocycles. The normalized spacial score (nSPS) is 17.9. The zero-order chi connectivity index (χ0) is 22.1. The minimum atomic E-state index is -0.711. The van der Waals surface area contributed by atoms with Crippen molar-refractivity contribution in [1.82, 2.24) is 4.90 Å². The van der Waals surface area contributed by atoms with Crippen LogP contribution in [0.2, 0.25) is 5.02 Å². The lowest BCUT2D eigenvalue weighted by atomic mass is 9.93. The van der Waals surface area contributed by atoms with Crippen LogP contribution in [0.4, 0.5) is 0 Å². The van der Waals surface area contributed by atoms with Crippen LogP contribution in [0.3, 0.4) is 0 Å². The van der Waals surface area contributed by atoms with Crippen LogP contribution < -0.4 is 0 Å². The van der Waals surface area contributed by atoms with E-state index in [0.29, 0.717) is 16.1 Å². The van der Waals surface area contributed by atoms with Crippen molar-refractivity contribution in [3.05, 3.63) is 111 Å². The van der Waals surface area contributed by atoms with Crippen molar-refractivity contribution in [2.24, 2.45) is 0 Å². The highest BCUT2D eigenvalue weighted by Gasteiger charge is 2.46. The summed E-state index contributed by atoms with van der Waals surface area (Å²) in [6, 6.07) is 21.4. The fourth-order valence-corrected chi connectivity index (χ4v) is 4.08. The Morgan fingerprint density at radius 2 is 1.65 bits per heavy atom. The monoisotopic (exact) mass is 431 g/mol. The van der Waals surface area contributed by atoms with Crippen molar-refractivity contribution < 1.29 is 14.7 Å². The average Bonchev–Trinajstić information content (AvgIpc) is 3.01. The third-order valence-electron chi connectivity index (χ3n) is 5.57. The Kier molecular flexibility index (Phi) is 5.66. The molecule has 4 nitrogen and oxygen atoms in total. The number of ketones is 1. The highest BCUT2D eigenvalue weighted by molar-refractivity contribution is 6.46. The fraction of sp³-hybridized carbons (Fsp3) is 0.154. The van der Waals surface area contributed by atoms with Gasteiger partial charge in [0.15, 0.2) is 0 Å². The van der Waals surface area contributed by atoms with Crippen LogP contribution in [0, 0.1) is 13.8 Å². The van der Waals surface area contributed by atoms with Crippen molar-refractivity contribution in [3.63, 3.8) is 0 Å². The van der Waals surface area contributed by atoms with E-state index in [4.69, 9.17) is 11.6 Å². The quantitative estimate of drug-likeness (QED) is 0.333. The topological polar surface area (TPSA) is 57.6 Å². The molecule has 1 N–H and O–H groups in total. The van der Waals surface area contributed by atoms with Gasteiger partial charge in [0.25, 0.3) is 11.7 Å². The summed E-state index contributed by atoms with van der Waals surface area (Å²) in [7, 11) is 0. The first-order valence-electron chi connectivity index (χ1n) is 10.0. The third-order valence-corrected chi connectivity index (χ3v) is 5.82. The summed E-state index contributed by atoms with van der Waals surface area (Å²) < 4.78 is 0. The van der Waals surface area contributed by atoms with Crippen molar-refractivity contribution in [2.45, 2.75) is 26.4 Å². The van der Waals surface area contributed by atoms with Gasteiger partial charge < -0.3 is 10.0 Å². The Morgan fingerprint density at radius 1 is 0.968 bits per heavy atom. The molecule has 0 aliphatic carbocycles. The van der Waals surface area contributed by atoms with Gasteiger partial charge in [-0.2, -0.15) is 0 Å². The molecule has 5 heteroatoms. The van der Waals surface area contributed by atoms with E-state index < -0.39 is 17.7 Å². The molecule has 1 heterocycles. The summed E-state index contributed by atoms with van der Waals surface area (Å²) in [6.45, 7) is 4.04. The van der Waals surface area contributed by atoms with Gasteiger partial charge in [0, 0.05) is 17.1 Å². The van der Waals surface area contributed by atoms with E-state index >= 15 is 0 Å². The van der Waals surface area contributed by atoms with Gasteiger partial charge in [-0.15, -0.1) is 0 Å². The van der Waals surface area contributed by atoms with Crippen LogP contribution in [0.5, 0.6) is 0 Å². The molecule has 1 amide bonds. The maximum absolute atomic E-state index is 13.1. The molecule has 1 atom stereocenters. The van der Waals surface area contributed by atoms with Gasteiger partial charge in [-0.1, -0.05) is 71.8 Å². The predicted molar refractivity (Wildman–Crippen MR) is 122 cm³/mol. The van der Waals surface area contributed by atoms with E-state index in [-0.39, 0.29) is 17.9 Å². The molecule has 1 unspecified atom stereocenters. The van der Waals surface area contributed by atoms with Gasteiger partial charge in [0.2, 0.25) is 0 Å². The predicted octanol–water partition coefficient (Wildman–Crippen LogP) is 5.58. The second kappa shape index (κ2) is 8.40. The lowest BCUT2D eigenvalue weighted by Gasteiger charge is -2.25. The second-order valence-electron chi connectivity index (χ2n) is 7.78. The minimum absolute atomic E-state index is 0.0944. The Morgan fingerprint density at radius 3 is 2.32 bits per heavy atom. The van der Waals surface area contributed by atoms with Gasteiger partial charge in [0.1, 0.15) is 5.76 Å². The maximum Gasteiger partial charge on any atom is 0.295 e. The van der Waals surface area contributed by atoms with Crippen LogP contribution in [0.25, 0.3) is 5.76 Å². The lowest BCUT2D eigenvalue weighted by Crippen LogP contribution is -2.29. The Labute approximate surface area is 186 Å². The first-order chi connectivity index (χ1) is 14.9. The number of carbonyl (C=O) groups excluding carboxylic acids is 2. The molecule has 4 rings (SSSR count). The SMILES string of the molecule is Cc1ccc(C)c(C(O)=C2C(=O)C(=O)N(Cc3ccccc3)C2c2ccc(Cl)cc2)c1. The van der Waals surface area contributed by atoms with Crippen molar-refractivity contribution in [3.8, 4) is 0 Å². The molecule has 0 radical (unpaired) electrons. The molecular weight excluding hydrogens is 410 g/mol. The number of hydrogen-bond acceptors (Lipinski definition) is 3. The number of nitrogens with zero attached hydrogens (tertiary/aromatic N) is 1. The number of aliphatic hydroxyl groups is 1. The third kappa shape index (κ3) is 3.99. The standard InChI is InChI=1S/C26H22ClNO3/c1-16-8-9-17(2)21(14-16)24(29)22-23(19-10-12-20(27)13-11-19)28(26(31)25(22)30)15-18-6-4-3-5-7-18/h3-14,23,29H,15H2,1-2H3. The van der Waals surface area contributed by atoms with Crippen LogP contribution in [-0.2, 0) is 16.1 Å². The number of amides is 1. The zero-order valence-electron chi connectivity index (χ0n) is 17.3. The van der Waals surface area contributed by atoms with Crippen LogP contribution in [0.15, 0.2) is 78.4 Å². The molecule has 156 valence electrons. The van der Waals surface area contributed by atoms with E-state index in [2.05, 4.69) is 0 Å². The lowest BCUT2D eigenvalue weighted by molar-refractivity contribution is -0.140. The zero-order valence-corrected chi connectivity index (χ0v) is 18.1. The number of halogens is 1. The number of likely N-dealkylation sites (tertiary alicyclic amines) is 1. The van der Waals surface area contributed by atoms with E-state index in [1.54, 1.807) is 24.3 Å². The van der Waals surface area contributed by atoms with E-state index in [1.807, 2.05) is 62.4 Å².